The molecule has 0 spiro atoms. The first-order valence-corrected chi connectivity index (χ1v) is 17.3. The van der Waals surface area contributed by atoms with E-state index in [9.17, 15) is 14.6 Å². The summed E-state index contributed by atoms with van der Waals surface area (Å²) < 4.78 is 50.1. The van der Waals surface area contributed by atoms with Gasteiger partial charge in [0.2, 0.25) is 5.88 Å². The van der Waals surface area contributed by atoms with Crippen LogP contribution in [0, 0.1) is 29.4 Å². The molecule has 2 aromatic carbocycles. The topological polar surface area (TPSA) is 113 Å². The van der Waals surface area contributed by atoms with Crippen LogP contribution in [0.4, 0.5) is 14.6 Å². The van der Waals surface area contributed by atoms with Crippen molar-refractivity contribution >= 4 is 27.5 Å². The van der Waals surface area contributed by atoms with E-state index in [0.29, 0.717) is 50.7 Å². The molecule has 10 nitrogen and oxygen atoms in total. The number of aliphatic hydroxyl groups is 1. The summed E-state index contributed by atoms with van der Waals surface area (Å²) in [7, 11) is 1.43. The minimum atomic E-state index is -0.824. The van der Waals surface area contributed by atoms with Gasteiger partial charge in [-0.3, -0.25) is 4.90 Å². The van der Waals surface area contributed by atoms with Crippen molar-refractivity contribution in [2.75, 3.05) is 58.0 Å². The van der Waals surface area contributed by atoms with Crippen molar-refractivity contribution in [3.8, 4) is 41.2 Å². The van der Waals surface area contributed by atoms with Crippen LogP contribution in [-0.2, 0) is 4.74 Å². The number of fused-ring (bicyclic) bond motifs is 3. The molecule has 2 atom stereocenters. The van der Waals surface area contributed by atoms with Gasteiger partial charge in [-0.2, -0.15) is 9.97 Å². The molecule has 1 saturated carbocycles. The number of nitrogens with zero attached hydrogens (tertiary/aromatic N) is 5. The Morgan fingerprint density at radius 1 is 1.06 bits per heavy atom. The Morgan fingerprint density at radius 3 is 2.66 bits per heavy atom. The molecule has 3 aliphatic rings. The third-order valence-corrected chi connectivity index (χ3v) is 10.4. The molecule has 4 heterocycles. The lowest BCUT2D eigenvalue weighted by Gasteiger charge is -2.47. The second kappa shape index (κ2) is 13.4. The molecule has 2 N–H and O–H groups in total. The van der Waals surface area contributed by atoms with Crippen LogP contribution in [0.1, 0.15) is 57.9 Å². The minimum absolute atomic E-state index is 0.0199. The highest BCUT2D eigenvalue weighted by molar-refractivity contribution is 6.04. The molecule has 264 valence electrons. The average molecular weight is 688 g/mol. The zero-order valence-corrected chi connectivity index (χ0v) is 28.8. The number of hydrogen-bond donors (Lipinski definition) is 2. The first kappa shape index (κ1) is 34.2. The van der Waals surface area contributed by atoms with Gasteiger partial charge in [-0.25, -0.2) is 13.8 Å². The number of rotatable bonds is 8. The van der Waals surface area contributed by atoms with Gasteiger partial charge in [-0.05, 0) is 76.1 Å². The lowest BCUT2D eigenvalue weighted by atomic mass is 9.75. The van der Waals surface area contributed by atoms with Gasteiger partial charge >= 0.3 is 6.01 Å². The maximum Gasteiger partial charge on any atom is 0.319 e. The van der Waals surface area contributed by atoms with Crippen LogP contribution in [0.15, 0.2) is 24.3 Å². The molecule has 2 saturated heterocycles. The van der Waals surface area contributed by atoms with Gasteiger partial charge in [0.05, 0.1) is 31.5 Å². The SMILES string of the molecule is C#Cc1c(F)ccc2cc(O)cc(-c3nc(OC)c4c(N5CCCOCC5)nc(OC[C@]56CCC[C@H]5N(CC(C)(C)O)CCC6)nc4c3F)c12. The van der Waals surface area contributed by atoms with Gasteiger partial charge in [0.15, 0.2) is 5.82 Å². The van der Waals surface area contributed by atoms with Gasteiger partial charge < -0.3 is 29.3 Å². The number of likely N-dealkylation sites (tertiary alicyclic amines) is 1. The summed E-state index contributed by atoms with van der Waals surface area (Å²) in [5.41, 5.74) is -1.26. The number of anilines is 1. The van der Waals surface area contributed by atoms with Crippen LogP contribution < -0.4 is 14.4 Å². The lowest BCUT2D eigenvalue weighted by molar-refractivity contribution is -0.0431. The molecule has 1 aliphatic carbocycles. The molecule has 50 heavy (non-hydrogen) atoms. The summed E-state index contributed by atoms with van der Waals surface area (Å²) in [4.78, 5) is 18.5. The van der Waals surface area contributed by atoms with Crippen LogP contribution in [0.2, 0.25) is 0 Å². The Balaban J connectivity index is 1.38. The van der Waals surface area contributed by atoms with Crippen molar-refractivity contribution in [3.63, 3.8) is 0 Å². The first-order chi connectivity index (χ1) is 24.0. The Hall–Kier alpha value is -4.31. The van der Waals surface area contributed by atoms with E-state index in [1.165, 1.54) is 31.4 Å². The maximum absolute atomic E-state index is 17.1. The van der Waals surface area contributed by atoms with E-state index < -0.39 is 17.2 Å². The van der Waals surface area contributed by atoms with Crippen LogP contribution in [0.25, 0.3) is 32.9 Å². The number of pyridine rings is 1. The number of β-amino-alcohol motifs (C(OH)–C–C–N with tert-alkyl or cyclic N) is 1. The summed E-state index contributed by atoms with van der Waals surface area (Å²) in [5, 5.41) is 22.2. The molecule has 0 unspecified atom stereocenters. The second-order valence-electron chi connectivity index (χ2n) is 14.4. The largest absolute Gasteiger partial charge is 0.508 e. The Bertz CT molecular complexity index is 1970. The molecular weight excluding hydrogens is 644 g/mol. The average Bonchev–Trinajstić information content (AvgIpc) is 3.34. The lowest BCUT2D eigenvalue weighted by Crippen LogP contribution is -2.55. The van der Waals surface area contributed by atoms with Crippen molar-refractivity contribution in [1.29, 1.82) is 0 Å². The Morgan fingerprint density at radius 2 is 1.88 bits per heavy atom. The van der Waals surface area contributed by atoms with E-state index >= 15 is 4.39 Å². The number of halogens is 2. The zero-order valence-electron chi connectivity index (χ0n) is 28.8. The molecule has 0 radical (unpaired) electrons. The van der Waals surface area contributed by atoms with Gasteiger partial charge in [0, 0.05) is 48.6 Å². The van der Waals surface area contributed by atoms with Crippen molar-refractivity contribution in [2.24, 2.45) is 5.41 Å². The quantitative estimate of drug-likeness (QED) is 0.220. The number of ether oxygens (including phenoxy) is 3. The van der Waals surface area contributed by atoms with E-state index in [1.807, 2.05) is 18.7 Å². The summed E-state index contributed by atoms with van der Waals surface area (Å²) >= 11 is 0. The predicted octanol–water partition coefficient (Wildman–Crippen LogP) is 5.83. The van der Waals surface area contributed by atoms with Gasteiger partial charge in [-0.15, -0.1) is 6.42 Å². The molecule has 3 fully saturated rings. The van der Waals surface area contributed by atoms with E-state index in [0.717, 1.165) is 45.1 Å². The van der Waals surface area contributed by atoms with E-state index in [1.54, 1.807) is 0 Å². The van der Waals surface area contributed by atoms with Crippen molar-refractivity contribution in [3.05, 3.63) is 41.5 Å². The molecular formula is C38H43F2N5O5. The number of aromatic hydroxyl groups is 1. The van der Waals surface area contributed by atoms with E-state index in [2.05, 4.69) is 20.8 Å². The summed E-state index contributed by atoms with van der Waals surface area (Å²) in [6.07, 6.45) is 11.4. The molecule has 2 aromatic heterocycles. The molecule has 12 heteroatoms. The van der Waals surface area contributed by atoms with Gasteiger partial charge in [0.25, 0.3) is 0 Å². The summed E-state index contributed by atoms with van der Waals surface area (Å²) in [6, 6.07) is 5.69. The number of terminal acetylenes is 1. The highest BCUT2D eigenvalue weighted by Crippen LogP contribution is 2.49. The van der Waals surface area contributed by atoms with Crippen molar-refractivity contribution in [1.82, 2.24) is 19.9 Å². The summed E-state index contributed by atoms with van der Waals surface area (Å²) in [6.45, 7) is 7.63. The number of methoxy groups -OCH3 is 1. The fourth-order valence-electron chi connectivity index (χ4n) is 8.34. The number of benzene rings is 2. The molecule has 7 rings (SSSR count). The minimum Gasteiger partial charge on any atom is -0.508 e. The number of hydrogen-bond acceptors (Lipinski definition) is 10. The van der Waals surface area contributed by atoms with Crippen LogP contribution in [0.3, 0.4) is 0 Å². The maximum atomic E-state index is 17.1. The van der Waals surface area contributed by atoms with Crippen molar-refractivity contribution in [2.45, 2.75) is 64.0 Å². The number of piperidine rings is 1. The molecule has 2 aliphatic heterocycles. The predicted molar refractivity (Wildman–Crippen MR) is 187 cm³/mol. The van der Waals surface area contributed by atoms with Crippen molar-refractivity contribution < 1.29 is 33.2 Å². The Kier molecular flexibility index (Phi) is 9.18. The number of phenols is 1. The van der Waals surface area contributed by atoms with Gasteiger partial charge in [0.1, 0.15) is 34.0 Å². The molecule has 0 bridgehead atoms. The fraction of sp³-hybridized carbons (Fsp3) is 0.500. The monoisotopic (exact) mass is 687 g/mol. The number of phenolic OH excluding ortho intramolecular Hbond substituents is 1. The fourth-order valence-corrected chi connectivity index (χ4v) is 8.34. The number of aromatic nitrogens is 3. The second-order valence-corrected chi connectivity index (χ2v) is 14.4. The normalized spacial score (nSPS) is 21.6. The highest BCUT2D eigenvalue weighted by atomic mass is 19.1. The van der Waals surface area contributed by atoms with Gasteiger partial charge in [-0.1, -0.05) is 18.4 Å². The molecule has 4 aromatic rings. The zero-order chi connectivity index (χ0) is 35.2. The van der Waals surface area contributed by atoms with Crippen LogP contribution in [0.5, 0.6) is 17.6 Å². The third-order valence-electron chi connectivity index (χ3n) is 10.4. The highest BCUT2D eigenvalue weighted by Gasteiger charge is 2.49. The first-order valence-electron chi connectivity index (χ1n) is 17.3. The Labute approximate surface area is 290 Å². The molecule has 0 amide bonds. The van der Waals surface area contributed by atoms with E-state index in [4.69, 9.17) is 25.6 Å². The van der Waals surface area contributed by atoms with E-state index in [-0.39, 0.29) is 62.2 Å². The smallest absolute Gasteiger partial charge is 0.319 e. The summed E-state index contributed by atoms with van der Waals surface area (Å²) in [5.74, 6) is 1.21. The van der Waals surface area contributed by atoms with Crippen LogP contribution in [-0.4, -0.2) is 94.8 Å². The third kappa shape index (κ3) is 6.27. The van der Waals surface area contributed by atoms with Crippen LogP contribution >= 0.6 is 0 Å². The standard InChI is InChI=1S/C38H43F2N5O5/c1-5-25-27(39)11-10-23-19-24(46)20-26(29(23)25)32-31(40)33-30(35(41-32)48-4)34(44-15-8-17-49-18-16-44)43-36(42-33)50-22-38-12-6-9-28(38)45(14-7-13-38)21-37(2,3)47/h1,10-11,19-20,28,46-47H,6-9,12-18,21-22H2,2-4H3/t28-,38-/m1/s1.